The third kappa shape index (κ3) is 9.05. The quantitative estimate of drug-likeness (QED) is 0.356. The maximum absolute atomic E-state index is 10.2. The van der Waals surface area contributed by atoms with Gasteiger partial charge in [0.15, 0.2) is 0 Å². The average Bonchev–Trinajstić information content (AvgIpc) is 2.04. The summed E-state index contributed by atoms with van der Waals surface area (Å²) in [6.07, 6.45) is 4.55. The minimum atomic E-state index is -0.720. The van der Waals surface area contributed by atoms with Crippen LogP contribution in [-0.2, 0) is 4.79 Å². The molecule has 0 fully saturated rings. The van der Waals surface area contributed by atoms with Crippen LogP contribution < -0.4 is 0 Å². The Balaban J connectivity index is 3.25. The Hall–Kier alpha value is -0.860. The smallest absolute Gasteiger partial charge is 0.303 e. The minimum absolute atomic E-state index is 0.250. The molecule has 0 atom stereocenters. The van der Waals surface area contributed by atoms with Crippen molar-refractivity contribution in [1.82, 2.24) is 0 Å². The number of carboxylic acid groups (broad SMARTS) is 1. The van der Waals surface area contributed by atoms with Crippen molar-refractivity contribution in [3.63, 3.8) is 0 Å². The van der Waals surface area contributed by atoms with Crippen LogP contribution in [0.25, 0.3) is 0 Å². The molecule has 0 spiro atoms. The fraction of sp³-hybridized carbons (Fsp3) is 0.800. The van der Waals surface area contributed by atoms with Gasteiger partial charge in [-0.25, -0.2) is 4.58 Å². The van der Waals surface area contributed by atoms with Crippen molar-refractivity contribution >= 4 is 12.7 Å². The van der Waals surface area contributed by atoms with Crippen LogP contribution in [-0.4, -0.2) is 35.5 Å². The van der Waals surface area contributed by atoms with Crippen molar-refractivity contribution in [2.45, 2.75) is 39.0 Å². The predicted octanol–water partition coefficient (Wildman–Crippen LogP) is 1.75. The van der Waals surface area contributed by atoms with Crippen molar-refractivity contribution < 1.29 is 14.5 Å². The second-order valence-electron chi connectivity index (χ2n) is 3.32. The van der Waals surface area contributed by atoms with E-state index in [1.54, 1.807) is 0 Å². The monoisotopic (exact) mass is 186 g/mol. The molecule has 0 radical (unpaired) electrons. The lowest BCUT2D eigenvalue weighted by Crippen LogP contribution is -2.13. The zero-order valence-electron chi connectivity index (χ0n) is 8.46. The van der Waals surface area contributed by atoms with Gasteiger partial charge in [0.25, 0.3) is 0 Å². The molecular formula is C10H20NO2+. The third-order valence-electron chi connectivity index (χ3n) is 1.94. The van der Waals surface area contributed by atoms with E-state index in [4.69, 9.17) is 5.11 Å². The van der Waals surface area contributed by atoms with Gasteiger partial charge < -0.3 is 5.11 Å². The van der Waals surface area contributed by atoms with E-state index >= 15 is 0 Å². The minimum Gasteiger partial charge on any atom is -0.481 e. The first-order valence-electron chi connectivity index (χ1n) is 4.94. The molecule has 76 valence electrons. The first-order chi connectivity index (χ1) is 6.16. The molecule has 0 aliphatic heterocycles. The van der Waals surface area contributed by atoms with Crippen molar-refractivity contribution in [3.8, 4) is 0 Å². The van der Waals surface area contributed by atoms with Crippen molar-refractivity contribution in [2.24, 2.45) is 0 Å². The molecule has 13 heavy (non-hydrogen) atoms. The van der Waals surface area contributed by atoms with E-state index in [2.05, 4.69) is 13.6 Å². The molecule has 0 saturated carbocycles. The second-order valence-corrected chi connectivity index (χ2v) is 3.32. The Labute approximate surface area is 80.1 Å². The summed E-state index contributed by atoms with van der Waals surface area (Å²) in [5, 5.41) is 8.40. The van der Waals surface area contributed by atoms with Gasteiger partial charge in [0, 0.05) is 12.8 Å². The molecule has 3 nitrogen and oxygen atoms in total. The molecule has 3 heteroatoms. The Morgan fingerprint density at radius 3 is 2.46 bits per heavy atom. The summed E-state index contributed by atoms with van der Waals surface area (Å²) in [6.45, 7) is 7.78. The van der Waals surface area contributed by atoms with Crippen LogP contribution in [0.1, 0.15) is 39.0 Å². The SMILES string of the molecule is C=[N+](CCCCC)CCCC(=O)O. The summed E-state index contributed by atoms with van der Waals surface area (Å²) >= 11 is 0. The molecule has 0 amide bonds. The van der Waals surface area contributed by atoms with E-state index in [1.807, 2.05) is 4.58 Å². The summed E-state index contributed by atoms with van der Waals surface area (Å²) in [6, 6.07) is 0. The van der Waals surface area contributed by atoms with Gasteiger partial charge in [-0.3, -0.25) is 4.79 Å². The van der Waals surface area contributed by atoms with Crippen molar-refractivity contribution in [2.75, 3.05) is 13.1 Å². The van der Waals surface area contributed by atoms with Crippen LogP contribution in [0, 0.1) is 0 Å². The molecule has 0 aliphatic carbocycles. The molecule has 0 unspecified atom stereocenters. The second kappa shape index (κ2) is 7.77. The first-order valence-corrected chi connectivity index (χ1v) is 4.94. The van der Waals surface area contributed by atoms with Crippen LogP contribution in [0.2, 0.25) is 0 Å². The summed E-state index contributed by atoms with van der Waals surface area (Å²) < 4.78 is 1.96. The zero-order chi connectivity index (χ0) is 10.1. The van der Waals surface area contributed by atoms with E-state index in [0.717, 1.165) is 19.5 Å². The lowest BCUT2D eigenvalue weighted by Gasteiger charge is -1.99. The number of hydrogen-bond acceptors (Lipinski definition) is 1. The summed E-state index contributed by atoms with van der Waals surface area (Å²) in [4.78, 5) is 10.2. The van der Waals surface area contributed by atoms with Gasteiger partial charge in [0.05, 0.1) is 6.42 Å². The Morgan fingerprint density at radius 1 is 1.31 bits per heavy atom. The van der Waals surface area contributed by atoms with E-state index in [-0.39, 0.29) is 6.42 Å². The van der Waals surface area contributed by atoms with E-state index in [9.17, 15) is 4.79 Å². The average molecular weight is 186 g/mol. The van der Waals surface area contributed by atoms with Crippen LogP contribution in [0.5, 0.6) is 0 Å². The fourth-order valence-corrected chi connectivity index (χ4v) is 1.15. The Bertz CT molecular complexity index is 166. The summed E-state index contributed by atoms with van der Waals surface area (Å²) in [5.41, 5.74) is 0. The highest BCUT2D eigenvalue weighted by molar-refractivity contribution is 5.66. The zero-order valence-corrected chi connectivity index (χ0v) is 8.46. The maximum atomic E-state index is 10.2. The summed E-state index contributed by atoms with van der Waals surface area (Å²) in [5.74, 6) is -0.720. The number of aliphatic carboxylic acids is 1. The number of hydrogen-bond donors (Lipinski definition) is 1. The molecule has 0 saturated heterocycles. The van der Waals surface area contributed by atoms with E-state index in [0.29, 0.717) is 6.42 Å². The van der Waals surface area contributed by atoms with E-state index < -0.39 is 5.97 Å². The largest absolute Gasteiger partial charge is 0.481 e. The number of unbranched alkanes of at least 4 members (excludes halogenated alkanes) is 2. The van der Waals surface area contributed by atoms with Gasteiger partial charge in [-0.2, -0.15) is 0 Å². The fourth-order valence-electron chi connectivity index (χ4n) is 1.15. The van der Waals surface area contributed by atoms with Gasteiger partial charge in [-0.1, -0.05) is 13.3 Å². The molecule has 0 bridgehead atoms. The molecular weight excluding hydrogens is 166 g/mol. The van der Waals surface area contributed by atoms with Crippen molar-refractivity contribution in [1.29, 1.82) is 0 Å². The van der Waals surface area contributed by atoms with Crippen LogP contribution in [0.15, 0.2) is 0 Å². The molecule has 0 heterocycles. The topological polar surface area (TPSA) is 40.3 Å². The standard InChI is InChI=1S/C10H19NO2/c1-3-4-5-8-11(2)9-6-7-10(12)13/h2-9H2,1H3/p+1. The lowest BCUT2D eigenvalue weighted by molar-refractivity contribution is -0.520. The third-order valence-corrected chi connectivity index (χ3v) is 1.94. The molecule has 0 aliphatic rings. The highest BCUT2D eigenvalue weighted by Crippen LogP contribution is 1.95. The number of rotatable bonds is 8. The maximum Gasteiger partial charge on any atom is 0.303 e. The molecule has 0 rings (SSSR count). The van der Waals surface area contributed by atoms with Crippen LogP contribution in [0.4, 0.5) is 0 Å². The van der Waals surface area contributed by atoms with Crippen molar-refractivity contribution in [3.05, 3.63) is 0 Å². The molecule has 0 aromatic heterocycles. The van der Waals surface area contributed by atoms with Gasteiger partial charge in [-0.15, -0.1) is 0 Å². The van der Waals surface area contributed by atoms with E-state index in [1.165, 1.54) is 12.8 Å². The lowest BCUT2D eigenvalue weighted by atomic mass is 10.2. The Morgan fingerprint density at radius 2 is 1.92 bits per heavy atom. The van der Waals surface area contributed by atoms with Gasteiger partial charge in [-0.05, 0) is 6.42 Å². The van der Waals surface area contributed by atoms with Gasteiger partial charge in [0.2, 0.25) is 0 Å². The van der Waals surface area contributed by atoms with Crippen LogP contribution in [0.3, 0.4) is 0 Å². The molecule has 1 N–H and O–H groups in total. The first kappa shape index (κ1) is 12.1. The highest BCUT2D eigenvalue weighted by atomic mass is 16.4. The van der Waals surface area contributed by atoms with Gasteiger partial charge in [0.1, 0.15) is 19.8 Å². The predicted molar refractivity (Wildman–Crippen MR) is 53.5 cm³/mol. The van der Waals surface area contributed by atoms with Gasteiger partial charge >= 0.3 is 5.97 Å². The highest BCUT2D eigenvalue weighted by Gasteiger charge is 2.02. The van der Waals surface area contributed by atoms with Crippen LogP contribution >= 0.6 is 0 Å². The number of nitrogens with zero attached hydrogens (tertiary/aromatic N) is 1. The Kier molecular flexibility index (Phi) is 7.26. The number of carboxylic acids is 1. The molecule has 0 aromatic carbocycles. The molecule has 0 aromatic rings. The normalized spacial score (nSPS) is 9.92. The summed E-state index contributed by atoms with van der Waals surface area (Å²) in [7, 11) is 0. The number of carbonyl (C=O) groups is 1.